The van der Waals surface area contributed by atoms with Gasteiger partial charge in [0.25, 0.3) is 0 Å². The predicted octanol–water partition coefficient (Wildman–Crippen LogP) is 2.86. The molecule has 0 atom stereocenters. The van der Waals surface area contributed by atoms with Crippen molar-refractivity contribution < 1.29 is 14.6 Å². The molecule has 5 nitrogen and oxygen atoms in total. The van der Waals surface area contributed by atoms with Crippen LogP contribution in [0.15, 0.2) is 42.5 Å². The lowest BCUT2D eigenvalue weighted by Crippen LogP contribution is -2.30. The van der Waals surface area contributed by atoms with Gasteiger partial charge in [0.05, 0.1) is 13.7 Å². The molecule has 0 unspecified atom stereocenters. The van der Waals surface area contributed by atoms with Gasteiger partial charge >= 0.3 is 6.03 Å². The number of anilines is 1. The number of urea groups is 1. The van der Waals surface area contributed by atoms with Gasteiger partial charge in [0.1, 0.15) is 5.75 Å². The lowest BCUT2D eigenvalue weighted by Gasteiger charge is -2.11. The van der Waals surface area contributed by atoms with Crippen LogP contribution in [-0.2, 0) is 13.0 Å². The van der Waals surface area contributed by atoms with Crippen molar-refractivity contribution in [2.75, 3.05) is 19.0 Å². The molecule has 0 aliphatic carbocycles. The molecule has 2 aromatic rings. The van der Waals surface area contributed by atoms with E-state index in [1.165, 1.54) is 0 Å². The standard InChI is InChI=1S/C18H22N2O3/c1-13-3-8-16(23-2)11-17(13)20-18(22)19-10-9-14-4-6-15(12-21)7-5-14/h3-8,11,21H,9-10,12H2,1-2H3,(H2,19,20,22). The second-order valence-electron chi connectivity index (χ2n) is 5.29. The zero-order valence-corrected chi connectivity index (χ0v) is 13.4. The normalized spacial score (nSPS) is 10.2. The van der Waals surface area contributed by atoms with Gasteiger partial charge in [0, 0.05) is 18.3 Å². The number of carbonyl (C=O) groups excluding carboxylic acids is 1. The summed E-state index contributed by atoms with van der Waals surface area (Å²) < 4.78 is 5.16. The Morgan fingerprint density at radius 1 is 1.13 bits per heavy atom. The van der Waals surface area contributed by atoms with Gasteiger partial charge in [-0.1, -0.05) is 30.3 Å². The summed E-state index contributed by atoms with van der Waals surface area (Å²) in [5.74, 6) is 0.704. The van der Waals surface area contributed by atoms with E-state index in [4.69, 9.17) is 9.84 Å². The average Bonchev–Trinajstić information content (AvgIpc) is 2.57. The van der Waals surface area contributed by atoms with E-state index in [0.717, 1.165) is 28.8 Å². The quantitative estimate of drug-likeness (QED) is 0.768. The maximum Gasteiger partial charge on any atom is 0.319 e. The van der Waals surface area contributed by atoms with Crippen LogP contribution in [0.1, 0.15) is 16.7 Å². The monoisotopic (exact) mass is 314 g/mol. The molecule has 122 valence electrons. The average molecular weight is 314 g/mol. The number of methoxy groups -OCH3 is 1. The Kier molecular flexibility index (Phi) is 6.00. The van der Waals surface area contributed by atoms with Gasteiger partial charge in [0.2, 0.25) is 0 Å². The number of ether oxygens (including phenoxy) is 1. The third kappa shape index (κ3) is 5.00. The van der Waals surface area contributed by atoms with Crippen LogP contribution in [0.3, 0.4) is 0 Å². The van der Waals surface area contributed by atoms with Crippen LogP contribution in [0.2, 0.25) is 0 Å². The topological polar surface area (TPSA) is 70.6 Å². The molecule has 0 radical (unpaired) electrons. The number of carbonyl (C=O) groups is 1. The first-order valence-electron chi connectivity index (χ1n) is 7.50. The number of hydrogen-bond donors (Lipinski definition) is 3. The van der Waals surface area contributed by atoms with Crippen molar-refractivity contribution in [3.05, 3.63) is 59.2 Å². The minimum atomic E-state index is -0.242. The summed E-state index contributed by atoms with van der Waals surface area (Å²) in [7, 11) is 1.59. The van der Waals surface area contributed by atoms with Crippen molar-refractivity contribution >= 4 is 11.7 Å². The van der Waals surface area contributed by atoms with E-state index in [2.05, 4.69) is 10.6 Å². The van der Waals surface area contributed by atoms with Crippen LogP contribution in [0, 0.1) is 6.92 Å². The minimum Gasteiger partial charge on any atom is -0.497 e. The molecule has 0 fully saturated rings. The van der Waals surface area contributed by atoms with Crippen molar-refractivity contribution in [1.82, 2.24) is 5.32 Å². The Hall–Kier alpha value is -2.53. The molecule has 0 saturated heterocycles. The third-order valence-electron chi connectivity index (χ3n) is 3.60. The van der Waals surface area contributed by atoms with Crippen molar-refractivity contribution in [1.29, 1.82) is 0 Å². The summed E-state index contributed by atoms with van der Waals surface area (Å²) in [6.45, 7) is 2.51. The molecule has 2 aromatic carbocycles. The molecule has 0 aromatic heterocycles. The maximum atomic E-state index is 12.0. The highest BCUT2D eigenvalue weighted by atomic mass is 16.5. The van der Waals surface area contributed by atoms with E-state index in [1.807, 2.05) is 43.3 Å². The Morgan fingerprint density at radius 2 is 1.83 bits per heavy atom. The molecule has 2 amide bonds. The largest absolute Gasteiger partial charge is 0.497 e. The van der Waals surface area contributed by atoms with Gasteiger partial charge in [-0.3, -0.25) is 0 Å². The van der Waals surface area contributed by atoms with Gasteiger partial charge < -0.3 is 20.5 Å². The minimum absolute atomic E-state index is 0.0425. The number of aliphatic hydroxyl groups is 1. The molecular formula is C18H22N2O3. The number of aliphatic hydroxyl groups excluding tert-OH is 1. The van der Waals surface area contributed by atoms with Gasteiger partial charge in [-0.2, -0.15) is 0 Å². The molecule has 3 N–H and O–H groups in total. The van der Waals surface area contributed by atoms with E-state index >= 15 is 0 Å². The highest BCUT2D eigenvalue weighted by Gasteiger charge is 2.05. The highest BCUT2D eigenvalue weighted by Crippen LogP contribution is 2.21. The summed E-state index contributed by atoms with van der Waals surface area (Å²) in [5.41, 5.74) is 3.70. The number of amides is 2. The lowest BCUT2D eigenvalue weighted by atomic mass is 10.1. The van der Waals surface area contributed by atoms with Crippen LogP contribution >= 0.6 is 0 Å². The van der Waals surface area contributed by atoms with Crippen molar-refractivity contribution in [3.8, 4) is 5.75 Å². The first kappa shape index (κ1) is 16.8. The highest BCUT2D eigenvalue weighted by molar-refractivity contribution is 5.90. The number of benzene rings is 2. The first-order chi connectivity index (χ1) is 11.1. The lowest BCUT2D eigenvalue weighted by molar-refractivity contribution is 0.252. The van der Waals surface area contributed by atoms with E-state index in [9.17, 15) is 4.79 Å². The zero-order chi connectivity index (χ0) is 16.7. The molecule has 0 bridgehead atoms. The fourth-order valence-electron chi connectivity index (χ4n) is 2.16. The third-order valence-corrected chi connectivity index (χ3v) is 3.60. The molecular weight excluding hydrogens is 292 g/mol. The number of hydrogen-bond acceptors (Lipinski definition) is 3. The smallest absolute Gasteiger partial charge is 0.319 e. The number of nitrogens with one attached hydrogen (secondary N) is 2. The molecule has 2 rings (SSSR count). The number of rotatable bonds is 6. The number of aryl methyl sites for hydroxylation is 1. The molecule has 5 heteroatoms. The van der Waals surface area contributed by atoms with Crippen LogP contribution in [0.5, 0.6) is 5.75 Å². The van der Waals surface area contributed by atoms with Crippen LogP contribution in [-0.4, -0.2) is 24.8 Å². The Bertz CT molecular complexity index is 654. The molecule has 0 aliphatic rings. The van der Waals surface area contributed by atoms with Crippen molar-refractivity contribution in [2.45, 2.75) is 20.0 Å². The maximum absolute atomic E-state index is 12.0. The summed E-state index contributed by atoms with van der Waals surface area (Å²) in [6, 6.07) is 13.0. The molecule has 23 heavy (non-hydrogen) atoms. The fourth-order valence-corrected chi connectivity index (χ4v) is 2.16. The Labute approximate surface area is 136 Å². The van der Waals surface area contributed by atoms with Gasteiger partial charge in [-0.05, 0) is 36.1 Å². The first-order valence-corrected chi connectivity index (χ1v) is 7.50. The molecule has 0 saturated carbocycles. The Morgan fingerprint density at radius 3 is 2.48 bits per heavy atom. The summed E-state index contributed by atoms with van der Waals surface area (Å²) in [4.78, 5) is 12.0. The van der Waals surface area contributed by atoms with Crippen LogP contribution < -0.4 is 15.4 Å². The summed E-state index contributed by atoms with van der Waals surface area (Å²) >= 11 is 0. The second kappa shape index (κ2) is 8.19. The van der Waals surface area contributed by atoms with E-state index in [0.29, 0.717) is 12.3 Å². The Balaban J connectivity index is 1.83. The van der Waals surface area contributed by atoms with E-state index in [-0.39, 0.29) is 12.6 Å². The molecule has 0 spiro atoms. The molecule has 0 aliphatic heterocycles. The van der Waals surface area contributed by atoms with Gasteiger partial charge in [-0.15, -0.1) is 0 Å². The molecule has 0 heterocycles. The zero-order valence-electron chi connectivity index (χ0n) is 13.4. The van der Waals surface area contributed by atoms with Crippen LogP contribution in [0.4, 0.5) is 10.5 Å². The van der Waals surface area contributed by atoms with E-state index < -0.39 is 0 Å². The van der Waals surface area contributed by atoms with Gasteiger partial charge in [-0.25, -0.2) is 4.79 Å². The van der Waals surface area contributed by atoms with Crippen molar-refractivity contribution in [3.63, 3.8) is 0 Å². The van der Waals surface area contributed by atoms with E-state index in [1.54, 1.807) is 13.2 Å². The summed E-state index contributed by atoms with van der Waals surface area (Å²) in [6.07, 6.45) is 0.732. The second-order valence-corrected chi connectivity index (χ2v) is 5.29. The van der Waals surface area contributed by atoms with Crippen LogP contribution in [0.25, 0.3) is 0 Å². The van der Waals surface area contributed by atoms with Crippen molar-refractivity contribution in [2.24, 2.45) is 0 Å². The fraction of sp³-hybridized carbons (Fsp3) is 0.278. The SMILES string of the molecule is COc1ccc(C)c(NC(=O)NCCc2ccc(CO)cc2)c1. The predicted molar refractivity (Wildman–Crippen MR) is 90.8 cm³/mol. The van der Waals surface area contributed by atoms with Gasteiger partial charge in [0.15, 0.2) is 0 Å². The summed E-state index contributed by atoms with van der Waals surface area (Å²) in [5, 5.41) is 14.7.